The van der Waals surface area contributed by atoms with Crippen LogP contribution in [0, 0.1) is 29.8 Å². The Morgan fingerprint density at radius 2 is 1.82 bits per heavy atom. The standard InChI is InChI=1S/C21H14ClF3N6O2/c1-3-4-30-20(32)27-19(26-18-6-12-9-29(2)28-17(12)7-13(18)22)31(21(30)33)10-11-5-15(24)16(25)8-14(11)23/h1,5-9H,4,10H2,2H3,(H,26,27,32). The number of nitrogens with one attached hydrogen (secondary N) is 1. The first-order valence-electron chi connectivity index (χ1n) is 9.36. The second kappa shape index (κ2) is 8.48. The van der Waals surface area contributed by atoms with Gasteiger partial charge in [0, 0.05) is 30.3 Å². The zero-order chi connectivity index (χ0) is 23.9. The van der Waals surface area contributed by atoms with Gasteiger partial charge in [-0.2, -0.15) is 10.1 Å². The van der Waals surface area contributed by atoms with Crippen molar-refractivity contribution in [2.75, 3.05) is 5.32 Å². The van der Waals surface area contributed by atoms with E-state index in [1.54, 1.807) is 30.1 Å². The molecular weight excluding hydrogens is 461 g/mol. The summed E-state index contributed by atoms with van der Waals surface area (Å²) in [6, 6.07) is 4.16. The van der Waals surface area contributed by atoms with Crippen molar-refractivity contribution in [3.8, 4) is 12.3 Å². The average Bonchev–Trinajstić information content (AvgIpc) is 3.10. The summed E-state index contributed by atoms with van der Waals surface area (Å²) in [6.07, 6.45) is 6.94. The first-order valence-corrected chi connectivity index (χ1v) is 9.74. The van der Waals surface area contributed by atoms with Crippen LogP contribution in [-0.2, 0) is 20.1 Å². The molecule has 1 N–H and O–H groups in total. The number of anilines is 2. The van der Waals surface area contributed by atoms with E-state index in [1.807, 2.05) is 0 Å². The Kier molecular flexibility index (Phi) is 5.69. The van der Waals surface area contributed by atoms with Gasteiger partial charge >= 0.3 is 11.4 Å². The average molecular weight is 475 g/mol. The topological polar surface area (TPSA) is 86.7 Å². The minimum atomic E-state index is -1.38. The van der Waals surface area contributed by atoms with Gasteiger partial charge in [0.2, 0.25) is 5.95 Å². The minimum absolute atomic E-state index is 0.203. The fourth-order valence-electron chi connectivity index (χ4n) is 3.24. The highest BCUT2D eigenvalue weighted by molar-refractivity contribution is 6.34. The van der Waals surface area contributed by atoms with Gasteiger partial charge in [-0.3, -0.25) is 9.25 Å². The summed E-state index contributed by atoms with van der Waals surface area (Å²) < 4.78 is 44.4. The van der Waals surface area contributed by atoms with Gasteiger partial charge < -0.3 is 5.32 Å². The van der Waals surface area contributed by atoms with Crippen LogP contribution in [-0.4, -0.2) is 23.9 Å². The summed E-state index contributed by atoms with van der Waals surface area (Å²) in [6.45, 7) is -0.970. The number of terminal acetylenes is 1. The maximum Gasteiger partial charge on any atom is 0.355 e. The van der Waals surface area contributed by atoms with E-state index in [0.717, 1.165) is 4.57 Å². The van der Waals surface area contributed by atoms with Crippen LogP contribution in [0.3, 0.4) is 0 Å². The Labute approximate surface area is 188 Å². The van der Waals surface area contributed by atoms with Gasteiger partial charge in [-0.05, 0) is 18.2 Å². The number of rotatable bonds is 5. The number of halogens is 4. The number of nitrogens with zero attached hydrogens (tertiary/aromatic N) is 5. The summed E-state index contributed by atoms with van der Waals surface area (Å²) in [5.74, 6) is -1.91. The van der Waals surface area contributed by atoms with Gasteiger partial charge in [0.05, 0.1) is 29.3 Å². The summed E-state index contributed by atoms with van der Waals surface area (Å²) in [5.41, 5.74) is -1.36. The van der Waals surface area contributed by atoms with E-state index in [9.17, 15) is 22.8 Å². The molecule has 0 bridgehead atoms. The minimum Gasteiger partial charge on any atom is -0.324 e. The van der Waals surface area contributed by atoms with Crippen molar-refractivity contribution >= 4 is 34.1 Å². The first-order chi connectivity index (χ1) is 15.7. The molecule has 0 aliphatic rings. The summed E-state index contributed by atoms with van der Waals surface area (Å²) >= 11 is 6.31. The molecule has 2 heterocycles. The second-order valence-corrected chi connectivity index (χ2v) is 7.46. The molecule has 4 aromatic rings. The smallest absolute Gasteiger partial charge is 0.324 e. The Morgan fingerprint density at radius 3 is 2.55 bits per heavy atom. The molecule has 0 aliphatic heterocycles. The molecule has 12 heteroatoms. The third-order valence-electron chi connectivity index (χ3n) is 4.77. The molecule has 0 fully saturated rings. The molecule has 2 aromatic carbocycles. The Balaban J connectivity index is 1.87. The van der Waals surface area contributed by atoms with E-state index in [-0.39, 0.29) is 22.2 Å². The van der Waals surface area contributed by atoms with Crippen LogP contribution in [0.25, 0.3) is 10.9 Å². The van der Waals surface area contributed by atoms with E-state index in [2.05, 4.69) is 21.3 Å². The van der Waals surface area contributed by atoms with Gasteiger partial charge in [0.15, 0.2) is 11.6 Å². The highest BCUT2D eigenvalue weighted by atomic mass is 35.5. The molecule has 8 nitrogen and oxygen atoms in total. The summed E-state index contributed by atoms with van der Waals surface area (Å²) in [4.78, 5) is 29.2. The van der Waals surface area contributed by atoms with Crippen molar-refractivity contribution in [2.45, 2.75) is 13.1 Å². The summed E-state index contributed by atoms with van der Waals surface area (Å²) in [5, 5.41) is 7.92. The van der Waals surface area contributed by atoms with Crippen LogP contribution in [0.2, 0.25) is 5.02 Å². The van der Waals surface area contributed by atoms with Crippen LogP contribution < -0.4 is 16.7 Å². The Bertz CT molecular complexity index is 1570. The lowest BCUT2D eigenvalue weighted by molar-refractivity contribution is 0.486. The molecule has 0 saturated heterocycles. The molecule has 0 aliphatic carbocycles. The molecule has 0 unspecified atom stereocenters. The molecule has 4 rings (SSSR count). The lowest BCUT2D eigenvalue weighted by Gasteiger charge is -2.16. The largest absolute Gasteiger partial charge is 0.355 e. The van der Waals surface area contributed by atoms with Crippen molar-refractivity contribution in [3.63, 3.8) is 0 Å². The number of fused-ring (bicyclic) bond motifs is 1. The molecule has 0 amide bonds. The second-order valence-electron chi connectivity index (χ2n) is 7.05. The molecular formula is C21H14ClF3N6O2. The Hall–Kier alpha value is -4.04. The molecule has 2 aromatic heterocycles. The molecule has 0 saturated carbocycles. The van der Waals surface area contributed by atoms with Gasteiger partial charge in [0.25, 0.3) is 0 Å². The maximum atomic E-state index is 14.3. The monoisotopic (exact) mass is 474 g/mol. The molecule has 0 radical (unpaired) electrons. The fraction of sp³-hybridized carbons (Fsp3) is 0.143. The van der Waals surface area contributed by atoms with Crippen LogP contribution in [0.5, 0.6) is 0 Å². The maximum absolute atomic E-state index is 14.3. The molecule has 33 heavy (non-hydrogen) atoms. The van der Waals surface area contributed by atoms with E-state index in [0.29, 0.717) is 27.6 Å². The third-order valence-corrected chi connectivity index (χ3v) is 5.08. The lowest BCUT2D eigenvalue weighted by Crippen LogP contribution is -2.42. The van der Waals surface area contributed by atoms with Crippen molar-refractivity contribution in [1.82, 2.24) is 23.9 Å². The highest BCUT2D eigenvalue weighted by Gasteiger charge is 2.18. The van der Waals surface area contributed by atoms with Crippen LogP contribution >= 0.6 is 11.6 Å². The molecule has 168 valence electrons. The number of benzene rings is 2. The van der Waals surface area contributed by atoms with Crippen molar-refractivity contribution in [3.05, 3.63) is 79.5 Å². The molecule has 0 spiro atoms. The van der Waals surface area contributed by atoms with Crippen molar-refractivity contribution < 1.29 is 13.2 Å². The fourth-order valence-corrected chi connectivity index (χ4v) is 3.44. The lowest BCUT2D eigenvalue weighted by atomic mass is 10.2. The van der Waals surface area contributed by atoms with Crippen LogP contribution in [0.15, 0.2) is 40.1 Å². The van der Waals surface area contributed by atoms with Crippen LogP contribution in [0.4, 0.5) is 24.8 Å². The van der Waals surface area contributed by atoms with Gasteiger partial charge in [-0.15, -0.1) is 6.42 Å². The zero-order valence-electron chi connectivity index (χ0n) is 16.9. The normalized spacial score (nSPS) is 11.0. The first kappa shape index (κ1) is 22.2. The van der Waals surface area contributed by atoms with E-state index in [4.69, 9.17) is 18.0 Å². The number of aromatic nitrogens is 5. The quantitative estimate of drug-likeness (QED) is 0.355. The van der Waals surface area contributed by atoms with E-state index >= 15 is 0 Å². The van der Waals surface area contributed by atoms with Crippen LogP contribution in [0.1, 0.15) is 5.56 Å². The predicted molar refractivity (Wildman–Crippen MR) is 116 cm³/mol. The predicted octanol–water partition coefficient (Wildman–Crippen LogP) is 2.79. The number of hydrogen-bond acceptors (Lipinski definition) is 5. The van der Waals surface area contributed by atoms with Crippen molar-refractivity contribution in [1.29, 1.82) is 0 Å². The molecule has 0 atom stereocenters. The Morgan fingerprint density at radius 1 is 1.09 bits per heavy atom. The zero-order valence-corrected chi connectivity index (χ0v) is 17.7. The van der Waals surface area contributed by atoms with Gasteiger partial charge in [-0.25, -0.2) is 27.3 Å². The highest BCUT2D eigenvalue weighted by Crippen LogP contribution is 2.29. The third kappa shape index (κ3) is 4.20. The van der Waals surface area contributed by atoms with E-state index < -0.39 is 41.9 Å². The number of aryl methyl sites for hydroxylation is 1. The van der Waals surface area contributed by atoms with Crippen molar-refractivity contribution in [2.24, 2.45) is 7.05 Å². The number of hydrogen-bond donors (Lipinski definition) is 1. The van der Waals surface area contributed by atoms with Gasteiger partial charge in [0.1, 0.15) is 5.82 Å². The summed E-state index contributed by atoms with van der Waals surface area (Å²) in [7, 11) is 1.72. The SMILES string of the molecule is C#CCn1c(=O)nc(Nc2cc3cn(C)nc3cc2Cl)n(Cc2cc(F)c(F)cc2F)c1=O. The van der Waals surface area contributed by atoms with E-state index in [1.165, 1.54) is 0 Å². The van der Waals surface area contributed by atoms with Gasteiger partial charge in [-0.1, -0.05) is 17.5 Å².